The number of nitrogens with zero attached hydrogens (tertiary/aromatic N) is 3. The van der Waals surface area contributed by atoms with Crippen LogP contribution in [0.1, 0.15) is 56.6 Å². The minimum absolute atomic E-state index is 0.0284. The van der Waals surface area contributed by atoms with Crippen molar-refractivity contribution in [3.63, 3.8) is 0 Å². The molecular weight excluding hydrogens is 432 g/mol. The molecule has 4 rings (SSSR count). The molecule has 2 aliphatic heterocycles. The molecule has 0 spiro atoms. The fourth-order valence-corrected chi connectivity index (χ4v) is 6.34. The van der Waals surface area contributed by atoms with E-state index < -0.39 is 0 Å². The van der Waals surface area contributed by atoms with Crippen LogP contribution in [0.3, 0.4) is 0 Å². The molecule has 1 aromatic rings. The maximum Gasteiger partial charge on any atom is 0.317 e. The van der Waals surface area contributed by atoms with E-state index >= 15 is 0 Å². The van der Waals surface area contributed by atoms with Gasteiger partial charge in [-0.3, -0.25) is 4.79 Å². The summed E-state index contributed by atoms with van der Waals surface area (Å²) in [6.45, 7) is 8.77. The predicted molar refractivity (Wildman–Crippen MR) is 119 cm³/mol. The second-order valence-corrected chi connectivity index (χ2v) is 9.48. The van der Waals surface area contributed by atoms with Crippen LogP contribution < -0.4 is 10.2 Å². The molecule has 1 saturated heterocycles. The minimum Gasteiger partial charge on any atom is -0.334 e. The lowest BCUT2D eigenvalue weighted by atomic mass is 9.70. The Kier molecular flexibility index (Phi) is 5.64. The molecule has 0 aromatic heterocycles. The minimum atomic E-state index is 0.0284. The highest BCUT2D eigenvalue weighted by molar-refractivity contribution is 9.10. The van der Waals surface area contributed by atoms with E-state index in [1.807, 2.05) is 23.6 Å². The SMILES string of the molecule is CCN(CC)C(=O)N[C@H]1CC2c3c(Br)ccc4c3C(C[C@H]2N(C)C1)CN4C(C)=O. The van der Waals surface area contributed by atoms with Gasteiger partial charge in [0, 0.05) is 67.2 Å². The summed E-state index contributed by atoms with van der Waals surface area (Å²) in [6, 6.07) is 4.76. The number of benzene rings is 1. The van der Waals surface area contributed by atoms with Crippen molar-refractivity contribution in [1.82, 2.24) is 15.1 Å². The topological polar surface area (TPSA) is 55.9 Å². The lowest BCUT2D eigenvalue weighted by molar-refractivity contribution is -0.116. The Morgan fingerprint density at radius 2 is 1.90 bits per heavy atom. The van der Waals surface area contributed by atoms with Gasteiger partial charge in [0.15, 0.2) is 0 Å². The summed E-state index contributed by atoms with van der Waals surface area (Å²) in [5.41, 5.74) is 3.78. The van der Waals surface area contributed by atoms with Gasteiger partial charge in [0.2, 0.25) is 5.91 Å². The van der Waals surface area contributed by atoms with E-state index in [9.17, 15) is 9.59 Å². The summed E-state index contributed by atoms with van der Waals surface area (Å²) in [7, 11) is 2.17. The maximum atomic E-state index is 12.6. The number of halogens is 1. The summed E-state index contributed by atoms with van der Waals surface area (Å²) >= 11 is 3.81. The molecule has 1 N–H and O–H groups in total. The highest BCUT2D eigenvalue weighted by Crippen LogP contribution is 2.53. The van der Waals surface area contributed by atoms with Crippen molar-refractivity contribution in [2.45, 2.75) is 57.5 Å². The smallest absolute Gasteiger partial charge is 0.317 e. The lowest BCUT2D eigenvalue weighted by Crippen LogP contribution is -2.56. The van der Waals surface area contributed by atoms with Gasteiger partial charge in [0.1, 0.15) is 0 Å². The van der Waals surface area contributed by atoms with Gasteiger partial charge < -0.3 is 20.0 Å². The predicted octanol–water partition coefficient (Wildman–Crippen LogP) is 3.51. The molecule has 0 saturated carbocycles. The molecule has 0 radical (unpaired) electrons. The number of hydrogen-bond acceptors (Lipinski definition) is 3. The van der Waals surface area contributed by atoms with Crippen LogP contribution in [0, 0.1) is 0 Å². The monoisotopic (exact) mass is 462 g/mol. The average molecular weight is 463 g/mol. The summed E-state index contributed by atoms with van der Waals surface area (Å²) in [6.07, 6.45) is 2.00. The Morgan fingerprint density at radius 1 is 1.17 bits per heavy atom. The molecule has 7 heteroatoms. The second kappa shape index (κ2) is 7.91. The van der Waals surface area contributed by atoms with Crippen LogP contribution in [-0.2, 0) is 4.79 Å². The quantitative estimate of drug-likeness (QED) is 0.747. The number of carbonyl (C=O) groups excluding carboxylic acids is 2. The van der Waals surface area contributed by atoms with Gasteiger partial charge in [0.25, 0.3) is 0 Å². The van der Waals surface area contributed by atoms with Crippen LogP contribution in [0.4, 0.5) is 10.5 Å². The number of amides is 3. The molecule has 29 heavy (non-hydrogen) atoms. The second-order valence-electron chi connectivity index (χ2n) is 8.62. The van der Waals surface area contributed by atoms with Crippen LogP contribution in [-0.4, -0.2) is 67.0 Å². The average Bonchev–Trinajstić information content (AvgIpc) is 3.05. The Balaban J connectivity index is 1.65. The normalized spacial score (nSPS) is 28.0. The van der Waals surface area contributed by atoms with E-state index in [-0.39, 0.29) is 18.0 Å². The third-order valence-electron chi connectivity index (χ3n) is 7.05. The number of likely N-dealkylation sites (N-methyl/N-ethyl adjacent to an activating group) is 1. The van der Waals surface area contributed by atoms with Gasteiger partial charge in [-0.2, -0.15) is 0 Å². The first-order chi connectivity index (χ1) is 13.8. The first-order valence-electron chi connectivity index (χ1n) is 10.7. The fourth-order valence-electron chi connectivity index (χ4n) is 5.70. The number of anilines is 1. The highest BCUT2D eigenvalue weighted by atomic mass is 79.9. The van der Waals surface area contributed by atoms with Crippen molar-refractivity contribution in [1.29, 1.82) is 0 Å². The number of fused-ring (bicyclic) bond motifs is 2. The fraction of sp³-hybridized carbons (Fsp3) is 0.636. The van der Waals surface area contributed by atoms with Gasteiger partial charge in [-0.05, 0) is 57.0 Å². The van der Waals surface area contributed by atoms with Crippen LogP contribution >= 0.6 is 15.9 Å². The third-order valence-corrected chi connectivity index (χ3v) is 7.74. The van der Waals surface area contributed by atoms with E-state index in [0.717, 1.165) is 49.2 Å². The number of hydrogen-bond donors (Lipinski definition) is 1. The molecule has 6 nitrogen and oxygen atoms in total. The van der Waals surface area contributed by atoms with E-state index in [0.29, 0.717) is 17.9 Å². The molecule has 158 valence electrons. The van der Waals surface area contributed by atoms with Crippen molar-refractivity contribution >= 4 is 33.6 Å². The number of nitrogens with one attached hydrogen (secondary N) is 1. The number of piperidine rings is 1. The van der Waals surface area contributed by atoms with Crippen molar-refractivity contribution in [3.8, 4) is 0 Å². The number of carbonyl (C=O) groups is 2. The summed E-state index contributed by atoms with van der Waals surface area (Å²) in [5.74, 6) is 0.861. The van der Waals surface area contributed by atoms with Gasteiger partial charge in [0.05, 0.1) is 0 Å². The molecule has 2 unspecified atom stereocenters. The summed E-state index contributed by atoms with van der Waals surface area (Å²) < 4.78 is 1.13. The third kappa shape index (κ3) is 3.46. The van der Waals surface area contributed by atoms with Crippen LogP contribution in [0.25, 0.3) is 0 Å². The van der Waals surface area contributed by atoms with E-state index in [2.05, 4.69) is 45.3 Å². The molecule has 1 fully saturated rings. The summed E-state index contributed by atoms with van der Waals surface area (Å²) in [4.78, 5) is 31.0. The largest absolute Gasteiger partial charge is 0.334 e. The zero-order chi connectivity index (χ0) is 20.9. The van der Waals surface area contributed by atoms with Crippen LogP contribution in [0.15, 0.2) is 16.6 Å². The first-order valence-corrected chi connectivity index (χ1v) is 11.5. The highest BCUT2D eigenvalue weighted by Gasteiger charge is 2.47. The van der Waals surface area contributed by atoms with Gasteiger partial charge in [-0.25, -0.2) is 4.79 Å². The van der Waals surface area contributed by atoms with Crippen LogP contribution in [0.2, 0.25) is 0 Å². The Hall–Kier alpha value is -1.60. The molecule has 1 aromatic carbocycles. The van der Waals surface area contributed by atoms with Crippen molar-refractivity contribution in [2.24, 2.45) is 0 Å². The Morgan fingerprint density at radius 3 is 2.55 bits per heavy atom. The summed E-state index contributed by atoms with van der Waals surface area (Å²) in [5, 5.41) is 3.27. The van der Waals surface area contributed by atoms with Crippen LogP contribution in [0.5, 0.6) is 0 Å². The first kappa shape index (κ1) is 20.7. The van der Waals surface area contributed by atoms with Crippen molar-refractivity contribution < 1.29 is 9.59 Å². The molecule has 2 heterocycles. The van der Waals surface area contributed by atoms with Crippen molar-refractivity contribution in [3.05, 3.63) is 27.7 Å². The Bertz CT molecular complexity index is 825. The Labute approximate surface area is 181 Å². The molecular formula is C22H31BrN4O2. The van der Waals surface area contributed by atoms with Gasteiger partial charge >= 0.3 is 6.03 Å². The van der Waals surface area contributed by atoms with Gasteiger partial charge in [-0.15, -0.1) is 0 Å². The van der Waals surface area contributed by atoms with E-state index in [4.69, 9.17) is 0 Å². The van der Waals surface area contributed by atoms with E-state index in [1.54, 1.807) is 6.92 Å². The molecule has 0 bridgehead atoms. The number of urea groups is 1. The van der Waals surface area contributed by atoms with Crippen molar-refractivity contribution in [2.75, 3.05) is 38.1 Å². The van der Waals surface area contributed by atoms with Gasteiger partial charge in [-0.1, -0.05) is 15.9 Å². The standard InChI is InChI=1S/C22H31BrN4O2/c1-5-26(6-2)22(29)24-15-10-16-19(25(4)12-15)9-14-11-27(13(3)28)18-8-7-17(23)21(16)20(14)18/h7-8,14-16,19H,5-6,9-12H2,1-4H3,(H,24,29)/t14?,15-,16?,19+/m0/s1. The zero-order valence-corrected chi connectivity index (χ0v) is 19.3. The number of likely N-dealkylation sites (tertiary alicyclic amines) is 1. The lowest BCUT2D eigenvalue weighted by Gasteiger charge is -2.48. The zero-order valence-electron chi connectivity index (χ0n) is 17.7. The molecule has 3 amide bonds. The molecule has 4 atom stereocenters. The van der Waals surface area contributed by atoms with E-state index in [1.165, 1.54) is 11.1 Å². The maximum absolute atomic E-state index is 12.6. The number of rotatable bonds is 3. The molecule has 3 aliphatic rings. The molecule has 1 aliphatic carbocycles.